The summed E-state index contributed by atoms with van der Waals surface area (Å²) in [6.45, 7) is 3.35. The van der Waals surface area contributed by atoms with Crippen molar-refractivity contribution in [2.75, 3.05) is 32.7 Å². The molecule has 0 radical (unpaired) electrons. The summed E-state index contributed by atoms with van der Waals surface area (Å²) in [5.41, 5.74) is 2.42. The normalized spacial score (nSPS) is 16.1. The highest BCUT2D eigenvalue weighted by atomic mass is 16.3. The summed E-state index contributed by atoms with van der Waals surface area (Å²) in [6, 6.07) is 19.5. The van der Waals surface area contributed by atoms with E-state index in [1.807, 2.05) is 70.1 Å². The number of β-amino-alcohol motifs (C(OH)–C–C–N with tert-alkyl or cyclic N) is 1. The molecule has 6 nitrogen and oxygen atoms in total. The van der Waals surface area contributed by atoms with Gasteiger partial charge in [0.05, 0.1) is 18.6 Å². The number of benzene rings is 2. The molecule has 1 fully saturated rings. The Morgan fingerprint density at radius 3 is 2.29 bits per heavy atom. The second kappa shape index (κ2) is 8.37. The number of nitrogens with zero attached hydrogens (tertiary/aromatic N) is 4. The monoisotopic (exact) mass is 376 g/mol. The predicted molar refractivity (Wildman–Crippen MR) is 107 cm³/mol. The minimum absolute atomic E-state index is 0.00962. The van der Waals surface area contributed by atoms with E-state index in [0.29, 0.717) is 25.3 Å². The molecule has 1 aromatic heterocycles. The molecule has 1 saturated heterocycles. The van der Waals surface area contributed by atoms with Crippen molar-refractivity contribution in [1.29, 1.82) is 0 Å². The molecule has 0 bridgehead atoms. The summed E-state index contributed by atoms with van der Waals surface area (Å²) in [5, 5.41) is 10.4. The summed E-state index contributed by atoms with van der Waals surface area (Å²) in [7, 11) is 0. The average molecular weight is 376 g/mol. The zero-order valence-electron chi connectivity index (χ0n) is 15.7. The number of piperazine rings is 1. The molecule has 1 aliphatic heterocycles. The standard InChI is InChI=1S/C22H24N4O2/c27-21(18-7-3-1-4-8-18)16-24-11-13-25(14-12-24)22(28)20-15-23-17-26(20)19-9-5-2-6-10-19/h1-10,15,17,21,27H,11-14,16H2. The van der Waals surface area contributed by atoms with Crippen LogP contribution in [0.25, 0.3) is 5.69 Å². The predicted octanol–water partition coefficient (Wildman–Crippen LogP) is 2.36. The number of aliphatic hydroxyl groups is 1. The maximum Gasteiger partial charge on any atom is 0.272 e. The molecule has 2 heterocycles. The van der Waals surface area contributed by atoms with Crippen LogP contribution in [0.3, 0.4) is 0 Å². The number of imidazole rings is 1. The number of hydrogen-bond donors (Lipinski definition) is 1. The number of carbonyl (C=O) groups excluding carboxylic acids is 1. The van der Waals surface area contributed by atoms with Crippen LogP contribution >= 0.6 is 0 Å². The summed E-state index contributed by atoms with van der Waals surface area (Å²) >= 11 is 0. The number of aromatic nitrogens is 2. The lowest BCUT2D eigenvalue weighted by Crippen LogP contribution is -2.49. The molecule has 1 atom stereocenters. The van der Waals surface area contributed by atoms with E-state index < -0.39 is 6.10 Å². The zero-order chi connectivity index (χ0) is 19.3. The molecule has 1 amide bonds. The van der Waals surface area contributed by atoms with Gasteiger partial charge in [0.2, 0.25) is 0 Å². The van der Waals surface area contributed by atoms with Crippen molar-refractivity contribution in [3.63, 3.8) is 0 Å². The highest BCUT2D eigenvalue weighted by Crippen LogP contribution is 2.17. The number of hydrogen-bond acceptors (Lipinski definition) is 4. The molecule has 1 N–H and O–H groups in total. The van der Waals surface area contributed by atoms with Crippen molar-refractivity contribution >= 4 is 5.91 Å². The SMILES string of the molecule is O=C(c1cncn1-c1ccccc1)N1CCN(CC(O)c2ccccc2)CC1. The molecule has 0 aliphatic carbocycles. The molecular formula is C22H24N4O2. The fourth-order valence-electron chi connectivity index (χ4n) is 3.57. The van der Waals surface area contributed by atoms with Gasteiger partial charge in [-0.25, -0.2) is 4.98 Å². The Morgan fingerprint density at radius 2 is 1.61 bits per heavy atom. The maximum absolute atomic E-state index is 13.0. The highest BCUT2D eigenvalue weighted by Gasteiger charge is 2.25. The number of para-hydroxylation sites is 1. The van der Waals surface area contributed by atoms with Gasteiger partial charge in [0, 0.05) is 38.4 Å². The van der Waals surface area contributed by atoms with E-state index in [9.17, 15) is 9.90 Å². The fraction of sp³-hybridized carbons (Fsp3) is 0.273. The summed E-state index contributed by atoms with van der Waals surface area (Å²) < 4.78 is 1.83. The first-order valence-electron chi connectivity index (χ1n) is 9.55. The molecule has 144 valence electrons. The van der Waals surface area contributed by atoms with Crippen LogP contribution in [0.5, 0.6) is 0 Å². The summed E-state index contributed by atoms with van der Waals surface area (Å²) in [4.78, 5) is 21.2. The smallest absolute Gasteiger partial charge is 0.272 e. The van der Waals surface area contributed by atoms with E-state index in [1.54, 1.807) is 12.5 Å². The Bertz CT molecular complexity index is 903. The first-order valence-corrected chi connectivity index (χ1v) is 9.55. The molecule has 6 heteroatoms. The van der Waals surface area contributed by atoms with Crippen LogP contribution in [0, 0.1) is 0 Å². The quantitative estimate of drug-likeness (QED) is 0.743. The molecule has 4 rings (SSSR count). The lowest BCUT2D eigenvalue weighted by Gasteiger charge is -2.35. The van der Waals surface area contributed by atoms with Crippen molar-refractivity contribution in [2.45, 2.75) is 6.10 Å². The Hall–Kier alpha value is -2.96. The van der Waals surface area contributed by atoms with E-state index in [0.717, 1.165) is 24.3 Å². The Balaban J connectivity index is 1.37. The zero-order valence-corrected chi connectivity index (χ0v) is 15.7. The van der Waals surface area contributed by atoms with Crippen molar-refractivity contribution in [3.8, 4) is 5.69 Å². The van der Waals surface area contributed by atoms with Gasteiger partial charge in [0.25, 0.3) is 5.91 Å². The van der Waals surface area contributed by atoms with E-state index in [4.69, 9.17) is 0 Å². The molecule has 0 saturated carbocycles. The number of rotatable bonds is 5. The lowest BCUT2D eigenvalue weighted by atomic mass is 10.1. The van der Waals surface area contributed by atoms with Gasteiger partial charge >= 0.3 is 0 Å². The van der Waals surface area contributed by atoms with Crippen molar-refractivity contribution in [2.24, 2.45) is 0 Å². The van der Waals surface area contributed by atoms with Gasteiger partial charge in [-0.15, -0.1) is 0 Å². The van der Waals surface area contributed by atoms with Gasteiger partial charge in [-0.2, -0.15) is 0 Å². The Morgan fingerprint density at radius 1 is 0.964 bits per heavy atom. The van der Waals surface area contributed by atoms with Crippen LogP contribution in [0.2, 0.25) is 0 Å². The molecule has 0 spiro atoms. The van der Waals surface area contributed by atoms with Gasteiger partial charge < -0.3 is 10.0 Å². The fourth-order valence-corrected chi connectivity index (χ4v) is 3.57. The van der Waals surface area contributed by atoms with Crippen LogP contribution in [0.1, 0.15) is 22.2 Å². The van der Waals surface area contributed by atoms with Gasteiger partial charge in [0.1, 0.15) is 5.69 Å². The van der Waals surface area contributed by atoms with Gasteiger partial charge in [0.15, 0.2) is 0 Å². The van der Waals surface area contributed by atoms with Crippen LogP contribution in [0.4, 0.5) is 0 Å². The number of aliphatic hydroxyl groups excluding tert-OH is 1. The van der Waals surface area contributed by atoms with Crippen LogP contribution < -0.4 is 0 Å². The molecular weight excluding hydrogens is 352 g/mol. The summed E-state index contributed by atoms with van der Waals surface area (Å²) in [5.74, 6) is -0.00962. The molecule has 28 heavy (non-hydrogen) atoms. The number of carbonyl (C=O) groups is 1. The Kier molecular flexibility index (Phi) is 5.50. The Labute approximate surface area is 164 Å². The van der Waals surface area contributed by atoms with E-state index in [2.05, 4.69) is 9.88 Å². The third-order valence-electron chi connectivity index (χ3n) is 5.17. The third kappa shape index (κ3) is 3.98. The maximum atomic E-state index is 13.0. The minimum Gasteiger partial charge on any atom is -0.387 e. The highest BCUT2D eigenvalue weighted by molar-refractivity contribution is 5.93. The molecule has 3 aromatic rings. The van der Waals surface area contributed by atoms with Crippen LogP contribution in [-0.4, -0.2) is 63.1 Å². The average Bonchev–Trinajstić information content (AvgIpc) is 3.25. The lowest BCUT2D eigenvalue weighted by molar-refractivity contribution is 0.0521. The first-order chi connectivity index (χ1) is 13.7. The van der Waals surface area contributed by atoms with E-state index >= 15 is 0 Å². The topological polar surface area (TPSA) is 61.6 Å². The molecule has 2 aromatic carbocycles. The molecule has 1 aliphatic rings. The number of amides is 1. The second-order valence-electron chi connectivity index (χ2n) is 7.00. The van der Waals surface area contributed by atoms with Gasteiger partial charge in [-0.05, 0) is 17.7 Å². The third-order valence-corrected chi connectivity index (χ3v) is 5.17. The van der Waals surface area contributed by atoms with Crippen molar-refractivity contribution in [1.82, 2.24) is 19.4 Å². The largest absolute Gasteiger partial charge is 0.387 e. The van der Waals surface area contributed by atoms with Crippen molar-refractivity contribution in [3.05, 3.63) is 84.4 Å². The van der Waals surface area contributed by atoms with E-state index in [-0.39, 0.29) is 5.91 Å². The first kappa shape index (κ1) is 18.4. The van der Waals surface area contributed by atoms with Gasteiger partial charge in [-0.1, -0.05) is 48.5 Å². The van der Waals surface area contributed by atoms with Gasteiger partial charge in [-0.3, -0.25) is 14.3 Å². The second-order valence-corrected chi connectivity index (χ2v) is 7.00. The van der Waals surface area contributed by atoms with Crippen molar-refractivity contribution < 1.29 is 9.90 Å². The van der Waals surface area contributed by atoms with Crippen LogP contribution in [-0.2, 0) is 0 Å². The van der Waals surface area contributed by atoms with Crippen LogP contribution in [0.15, 0.2) is 73.2 Å². The van der Waals surface area contributed by atoms with E-state index in [1.165, 1.54) is 0 Å². The summed E-state index contributed by atoms with van der Waals surface area (Å²) in [6.07, 6.45) is 2.79. The minimum atomic E-state index is -0.511. The molecule has 1 unspecified atom stereocenters.